The smallest absolute Gasteiger partial charge is 0.230 e. The van der Waals surface area contributed by atoms with Gasteiger partial charge in [-0.3, -0.25) is 4.79 Å². The number of piperidine rings is 1. The molecular formula is C21H21N5O. The predicted octanol–water partition coefficient (Wildman–Crippen LogP) is 3.39. The number of amides is 1. The van der Waals surface area contributed by atoms with E-state index in [1.54, 1.807) is 12.3 Å². The third kappa shape index (κ3) is 4.11. The lowest BCUT2D eigenvalue weighted by Gasteiger charge is -2.32. The average molecular weight is 359 g/mol. The minimum Gasteiger partial charge on any atom is -0.354 e. The van der Waals surface area contributed by atoms with Crippen LogP contribution in [-0.4, -0.2) is 34.2 Å². The van der Waals surface area contributed by atoms with E-state index < -0.39 is 0 Å². The number of rotatable bonds is 4. The van der Waals surface area contributed by atoms with E-state index in [-0.39, 0.29) is 11.8 Å². The molecule has 0 spiro atoms. The second kappa shape index (κ2) is 7.95. The Labute approximate surface area is 158 Å². The van der Waals surface area contributed by atoms with Gasteiger partial charge in [0.05, 0.1) is 11.6 Å². The largest absolute Gasteiger partial charge is 0.354 e. The second-order valence-electron chi connectivity index (χ2n) is 6.63. The first kappa shape index (κ1) is 17.1. The zero-order valence-electron chi connectivity index (χ0n) is 15.0. The van der Waals surface area contributed by atoms with E-state index >= 15 is 0 Å². The highest BCUT2D eigenvalue weighted by atomic mass is 16.2. The second-order valence-corrected chi connectivity index (χ2v) is 6.63. The summed E-state index contributed by atoms with van der Waals surface area (Å²) in [5.74, 6) is 1.32. The van der Waals surface area contributed by atoms with Crippen molar-refractivity contribution >= 4 is 17.5 Å². The van der Waals surface area contributed by atoms with Gasteiger partial charge in [0.1, 0.15) is 5.82 Å². The summed E-state index contributed by atoms with van der Waals surface area (Å²) in [5.41, 5.74) is 1.89. The normalized spacial score (nSPS) is 16.7. The zero-order chi connectivity index (χ0) is 18.5. The molecule has 3 heterocycles. The van der Waals surface area contributed by atoms with Crippen molar-refractivity contribution in [2.45, 2.75) is 12.8 Å². The number of hydrogen-bond donors (Lipinski definition) is 1. The Hall–Kier alpha value is -3.28. The van der Waals surface area contributed by atoms with Crippen LogP contribution in [0.5, 0.6) is 0 Å². The summed E-state index contributed by atoms with van der Waals surface area (Å²) < 4.78 is 0. The van der Waals surface area contributed by atoms with Crippen molar-refractivity contribution in [3.05, 3.63) is 66.9 Å². The fraction of sp³-hybridized carbons (Fsp3) is 0.238. The van der Waals surface area contributed by atoms with Crippen LogP contribution < -0.4 is 10.2 Å². The number of nitrogens with one attached hydrogen (secondary N) is 1. The fourth-order valence-electron chi connectivity index (χ4n) is 3.32. The van der Waals surface area contributed by atoms with E-state index in [1.165, 1.54) is 0 Å². The number of aromatic nitrogens is 3. The Morgan fingerprint density at radius 2 is 1.85 bits per heavy atom. The van der Waals surface area contributed by atoms with E-state index in [1.807, 2.05) is 54.6 Å². The summed E-state index contributed by atoms with van der Waals surface area (Å²) in [7, 11) is 0. The first-order valence-corrected chi connectivity index (χ1v) is 9.15. The van der Waals surface area contributed by atoms with Gasteiger partial charge in [-0.15, -0.1) is 10.2 Å². The number of carbonyl (C=O) groups excluding carboxylic acids is 1. The van der Waals surface area contributed by atoms with E-state index in [2.05, 4.69) is 25.4 Å². The molecule has 0 radical (unpaired) electrons. The lowest BCUT2D eigenvalue weighted by Crippen LogP contribution is -2.41. The molecule has 1 amide bonds. The van der Waals surface area contributed by atoms with Gasteiger partial charge in [-0.1, -0.05) is 36.4 Å². The number of carbonyl (C=O) groups is 1. The molecule has 0 aliphatic carbocycles. The number of pyridine rings is 1. The molecule has 4 rings (SSSR count). The minimum absolute atomic E-state index is 0.00673. The molecule has 1 fully saturated rings. The van der Waals surface area contributed by atoms with Gasteiger partial charge in [-0.2, -0.15) is 0 Å². The summed E-state index contributed by atoms with van der Waals surface area (Å²) in [6.45, 7) is 1.52. The van der Waals surface area contributed by atoms with Crippen molar-refractivity contribution in [2.75, 3.05) is 23.3 Å². The maximum atomic E-state index is 12.6. The number of hydrogen-bond acceptors (Lipinski definition) is 5. The summed E-state index contributed by atoms with van der Waals surface area (Å²) in [4.78, 5) is 18.9. The molecule has 136 valence electrons. The Morgan fingerprint density at radius 1 is 1.00 bits per heavy atom. The molecule has 0 saturated carbocycles. The number of nitrogens with zero attached hydrogens (tertiary/aromatic N) is 4. The van der Waals surface area contributed by atoms with Crippen molar-refractivity contribution in [3.8, 4) is 11.3 Å². The summed E-state index contributed by atoms with van der Waals surface area (Å²) >= 11 is 0. The maximum absolute atomic E-state index is 12.6. The molecule has 1 saturated heterocycles. The average Bonchev–Trinajstić information content (AvgIpc) is 2.75. The van der Waals surface area contributed by atoms with Crippen LogP contribution in [0.4, 0.5) is 11.6 Å². The molecule has 1 atom stereocenters. The van der Waals surface area contributed by atoms with Gasteiger partial charge in [0, 0.05) is 24.8 Å². The lowest BCUT2D eigenvalue weighted by atomic mass is 9.97. The van der Waals surface area contributed by atoms with Gasteiger partial charge >= 0.3 is 0 Å². The van der Waals surface area contributed by atoms with Gasteiger partial charge in [-0.25, -0.2) is 4.98 Å². The molecule has 1 aliphatic rings. The first-order chi connectivity index (χ1) is 13.3. The molecule has 1 aliphatic heterocycles. The lowest BCUT2D eigenvalue weighted by molar-refractivity contribution is -0.120. The van der Waals surface area contributed by atoms with Gasteiger partial charge in [0.15, 0.2) is 5.82 Å². The Kier molecular flexibility index (Phi) is 5.05. The standard InChI is InChI=1S/C21H21N5O/c27-21(23-19-10-4-5-13-22-19)17-9-6-14-26(15-17)20-12-11-18(24-25-20)16-7-2-1-3-8-16/h1-5,7-8,10-13,17H,6,9,14-15H2,(H,22,23,27)/t17-/m0/s1. The van der Waals surface area contributed by atoms with Crippen molar-refractivity contribution in [1.29, 1.82) is 0 Å². The molecule has 1 N–H and O–H groups in total. The van der Waals surface area contributed by atoms with E-state index in [4.69, 9.17) is 0 Å². The molecule has 27 heavy (non-hydrogen) atoms. The van der Waals surface area contributed by atoms with Gasteiger partial charge in [-0.05, 0) is 37.1 Å². The van der Waals surface area contributed by atoms with Crippen molar-refractivity contribution in [2.24, 2.45) is 5.92 Å². The SMILES string of the molecule is O=C(Nc1ccccn1)[C@H]1CCCN(c2ccc(-c3ccccc3)nn2)C1. The topological polar surface area (TPSA) is 71.0 Å². The van der Waals surface area contributed by atoms with Crippen LogP contribution in [0, 0.1) is 5.92 Å². The Bertz CT molecular complexity index is 883. The van der Waals surface area contributed by atoms with Crippen LogP contribution >= 0.6 is 0 Å². The molecule has 1 aromatic carbocycles. The highest BCUT2D eigenvalue weighted by Gasteiger charge is 2.27. The van der Waals surface area contributed by atoms with Gasteiger partial charge in [0.25, 0.3) is 0 Å². The molecule has 0 bridgehead atoms. The molecular weight excluding hydrogens is 338 g/mol. The minimum atomic E-state index is -0.0867. The molecule has 0 unspecified atom stereocenters. The van der Waals surface area contributed by atoms with Crippen LogP contribution in [0.1, 0.15) is 12.8 Å². The summed E-state index contributed by atoms with van der Waals surface area (Å²) in [6.07, 6.45) is 3.49. The Balaban J connectivity index is 1.43. The third-order valence-corrected chi connectivity index (χ3v) is 4.75. The number of anilines is 2. The highest BCUT2D eigenvalue weighted by molar-refractivity contribution is 5.92. The molecule has 2 aromatic heterocycles. The van der Waals surface area contributed by atoms with Gasteiger partial charge in [0.2, 0.25) is 5.91 Å². The van der Waals surface area contributed by atoms with Crippen LogP contribution in [0.25, 0.3) is 11.3 Å². The van der Waals surface area contributed by atoms with Crippen molar-refractivity contribution < 1.29 is 4.79 Å². The molecule has 3 aromatic rings. The molecule has 6 heteroatoms. The summed E-state index contributed by atoms with van der Waals surface area (Å²) in [6, 6.07) is 19.4. The fourth-order valence-corrected chi connectivity index (χ4v) is 3.32. The van der Waals surface area contributed by atoms with Crippen LogP contribution in [0.3, 0.4) is 0 Å². The quantitative estimate of drug-likeness (QED) is 0.773. The van der Waals surface area contributed by atoms with Crippen molar-refractivity contribution in [3.63, 3.8) is 0 Å². The maximum Gasteiger partial charge on any atom is 0.230 e. The highest BCUT2D eigenvalue weighted by Crippen LogP contribution is 2.24. The van der Waals surface area contributed by atoms with Crippen LogP contribution in [0.15, 0.2) is 66.9 Å². The van der Waals surface area contributed by atoms with E-state index in [0.717, 1.165) is 36.5 Å². The Morgan fingerprint density at radius 3 is 2.59 bits per heavy atom. The summed E-state index contributed by atoms with van der Waals surface area (Å²) in [5, 5.41) is 11.6. The number of benzene rings is 1. The zero-order valence-corrected chi connectivity index (χ0v) is 15.0. The first-order valence-electron chi connectivity index (χ1n) is 9.15. The van der Waals surface area contributed by atoms with Crippen molar-refractivity contribution in [1.82, 2.24) is 15.2 Å². The van der Waals surface area contributed by atoms with Crippen LogP contribution in [0.2, 0.25) is 0 Å². The third-order valence-electron chi connectivity index (χ3n) is 4.75. The van der Waals surface area contributed by atoms with Crippen LogP contribution in [-0.2, 0) is 4.79 Å². The van der Waals surface area contributed by atoms with E-state index in [9.17, 15) is 4.79 Å². The predicted molar refractivity (Wildman–Crippen MR) is 105 cm³/mol. The van der Waals surface area contributed by atoms with Gasteiger partial charge < -0.3 is 10.2 Å². The molecule has 6 nitrogen and oxygen atoms in total. The van der Waals surface area contributed by atoms with E-state index in [0.29, 0.717) is 12.4 Å². The monoisotopic (exact) mass is 359 g/mol.